The van der Waals surface area contributed by atoms with Crippen molar-refractivity contribution in [3.05, 3.63) is 72.4 Å². The molecule has 0 fully saturated rings. The molecule has 0 radical (unpaired) electrons. The van der Waals surface area contributed by atoms with Crippen LogP contribution in [0.25, 0.3) is 0 Å². The minimum Gasteiger partial charge on any atom is -0.491 e. The van der Waals surface area contributed by atoms with Gasteiger partial charge in [-0.2, -0.15) is 4.98 Å². The van der Waals surface area contributed by atoms with Crippen LogP contribution in [-0.4, -0.2) is 22.1 Å². The molecule has 1 heterocycles. The molecule has 0 amide bonds. The minimum absolute atomic E-state index is 0.158. The van der Waals surface area contributed by atoms with Gasteiger partial charge in [-0.1, -0.05) is 30.3 Å². The van der Waals surface area contributed by atoms with Crippen LogP contribution in [-0.2, 0) is 6.54 Å². The quantitative estimate of drug-likeness (QED) is 0.569. The molecule has 2 aromatic carbocycles. The fourth-order valence-electron chi connectivity index (χ4n) is 2.90. The van der Waals surface area contributed by atoms with E-state index < -0.39 is 0 Å². The first-order valence-electron chi connectivity index (χ1n) is 9.68. The third-order valence-electron chi connectivity index (χ3n) is 4.24. The summed E-state index contributed by atoms with van der Waals surface area (Å²) in [4.78, 5) is 11.4. The molecule has 0 saturated carbocycles. The van der Waals surface area contributed by atoms with E-state index in [0.717, 1.165) is 23.8 Å². The van der Waals surface area contributed by atoms with E-state index in [1.807, 2.05) is 50.2 Å². The summed E-state index contributed by atoms with van der Waals surface area (Å²) in [5.74, 6) is 2.33. The van der Waals surface area contributed by atoms with Gasteiger partial charge in [0.05, 0.1) is 6.10 Å². The second-order valence-corrected chi connectivity index (χ2v) is 7.26. The van der Waals surface area contributed by atoms with Crippen molar-refractivity contribution >= 4 is 17.5 Å². The Hall–Kier alpha value is -3.08. The van der Waals surface area contributed by atoms with Crippen LogP contribution in [0.4, 0.5) is 17.5 Å². The average Bonchev–Trinajstić information content (AvgIpc) is 2.68. The molecule has 3 rings (SSSR count). The molecule has 5 heteroatoms. The van der Waals surface area contributed by atoms with Gasteiger partial charge in [-0.25, -0.2) is 4.98 Å². The Morgan fingerprint density at radius 2 is 1.64 bits per heavy atom. The van der Waals surface area contributed by atoms with Gasteiger partial charge in [-0.15, -0.1) is 0 Å². The van der Waals surface area contributed by atoms with Crippen LogP contribution in [0.3, 0.4) is 0 Å². The summed E-state index contributed by atoms with van der Waals surface area (Å²) >= 11 is 0. The fourth-order valence-corrected chi connectivity index (χ4v) is 2.90. The summed E-state index contributed by atoms with van der Waals surface area (Å²) in [6.45, 7) is 9.18. The van der Waals surface area contributed by atoms with Crippen molar-refractivity contribution in [2.45, 2.75) is 46.4 Å². The zero-order valence-corrected chi connectivity index (χ0v) is 17.0. The molecule has 0 bridgehead atoms. The molecular formula is C23H28N4O. The molecule has 0 saturated heterocycles. The first kappa shape index (κ1) is 19.7. The third kappa shape index (κ3) is 5.46. The number of hydrogen-bond donors (Lipinski definition) is 1. The smallest absolute Gasteiger partial charge is 0.229 e. The van der Waals surface area contributed by atoms with E-state index in [1.165, 1.54) is 5.56 Å². The van der Waals surface area contributed by atoms with E-state index in [9.17, 15) is 0 Å². The normalized spacial score (nSPS) is 10.9. The zero-order valence-electron chi connectivity index (χ0n) is 17.0. The van der Waals surface area contributed by atoms with Crippen molar-refractivity contribution in [2.75, 3.05) is 10.2 Å². The highest BCUT2D eigenvalue weighted by molar-refractivity contribution is 5.56. The van der Waals surface area contributed by atoms with E-state index in [4.69, 9.17) is 9.72 Å². The Labute approximate surface area is 167 Å². The Balaban J connectivity index is 1.74. The molecule has 0 atom stereocenters. The van der Waals surface area contributed by atoms with Crippen molar-refractivity contribution in [1.29, 1.82) is 0 Å². The molecule has 1 N–H and O–H groups in total. The van der Waals surface area contributed by atoms with Gasteiger partial charge in [0, 0.05) is 24.5 Å². The van der Waals surface area contributed by atoms with Crippen molar-refractivity contribution in [3.63, 3.8) is 0 Å². The fraction of sp³-hybridized carbons (Fsp3) is 0.304. The Morgan fingerprint density at radius 3 is 2.29 bits per heavy atom. The minimum atomic E-state index is 0.158. The van der Waals surface area contributed by atoms with E-state index >= 15 is 0 Å². The molecule has 0 aliphatic heterocycles. The largest absolute Gasteiger partial charge is 0.491 e. The maximum Gasteiger partial charge on any atom is 0.229 e. The molecular weight excluding hydrogens is 348 g/mol. The molecule has 3 aromatic rings. The molecule has 0 unspecified atom stereocenters. The van der Waals surface area contributed by atoms with Gasteiger partial charge >= 0.3 is 0 Å². The SMILES string of the molecule is CC(C)Oc1ccc(Nc2nccc(N(Cc3ccccc3)C(C)C)n2)cc1. The Kier molecular flexibility index (Phi) is 6.48. The number of nitrogens with one attached hydrogen (secondary N) is 1. The predicted molar refractivity (Wildman–Crippen MR) is 115 cm³/mol. The summed E-state index contributed by atoms with van der Waals surface area (Å²) in [5.41, 5.74) is 2.18. The van der Waals surface area contributed by atoms with Gasteiger partial charge in [0.2, 0.25) is 5.95 Å². The summed E-state index contributed by atoms with van der Waals surface area (Å²) in [7, 11) is 0. The van der Waals surface area contributed by atoms with Gasteiger partial charge in [0.15, 0.2) is 0 Å². The molecule has 0 aliphatic carbocycles. The van der Waals surface area contributed by atoms with Crippen LogP contribution < -0.4 is 15.0 Å². The standard InChI is InChI=1S/C23H28N4O/c1-17(2)27(16-19-8-6-5-7-9-19)22-14-15-24-23(26-22)25-20-10-12-21(13-11-20)28-18(3)4/h5-15,17-18H,16H2,1-4H3,(H,24,25,26). The molecule has 0 aliphatic rings. The van der Waals surface area contributed by atoms with Gasteiger partial charge < -0.3 is 15.0 Å². The van der Waals surface area contributed by atoms with Gasteiger partial charge in [-0.3, -0.25) is 0 Å². The lowest BCUT2D eigenvalue weighted by Crippen LogP contribution is -2.31. The highest BCUT2D eigenvalue weighted by Crippen LogP contribution is 2.22. The van der Waals surface area contributed by atoms with Gasteiger partial charge in [0.1, 0.15) is 11.6 Å². The molecule has 28 heavy (non-hydrogen) atoms. The molecule has 146 valence electrons. The van der Waals surface area contributed by atoms with Crippen molar-refractivity contribution in [2.24, 2.45) is 0 Å². The highest BCUT2D eigenvalue weighted by Gasteiger charge is 2.13. The van der Waals surface area contributed by atoms with Gasteiger partial charge in [0.25, 0.3) is 0 Å². The lowest BCUT2D eigenvalue weighted by Gasteiger charge is -2.28. The summed E-state index contributed by atoms with van der Waals surface area (Å²) in [6, 6.07) is 20.5. The maximum atomic E-state index is 5.69. The van der Waals surface area contributed by atoms with E-state index in [2.05, 4.69) is 53.3 Å². The first-order valence-corrected chi connectivity index (χ1v) is 9.68. The van der Waals surface area contributed by atoms with E-state index in [0.29, 0.717) is 12.0 Å². The Bertz CT molecular complexity index is 863. The first-order chi connectivity index (χ1) is 13.5. The second-order valence-electron chi connectivity index (χ2n) is 7.26. The molecule has 5 nitrogen and oxygen atoms in total. The maximum absolute atomic E-state index is 5.69. The van der Waals surface area contributed by atoms with Crippen LogP contribution in [0.5, 0.6) is 5.75 Å². The summed E-state index contributed by atoms with van der Waals surface area (Å²) < 4.78 is 5.69. The van der Waals surface area contributed by atoms with Crippen LogP contribution in [0.1, 0.15) is 33.3 Å². The number of ether oxygens (including phenoxy) is 1. The summed E-state index contributed by atoms with van der Waals surface area (Å²) in [6.07, 6.45) is 1.95. The number of nitrogens with zero attached hydrogens (tertiary/aromatic N) is 3. The molecule has 0 spiro atoms. The zero-order chi connectivity index (χ0) is 19.9. The van der Waals surface area contributed by atoms with Crippen LogP contribution in [0.2, 0.25) is 0 Å². The second kappa shape index (κ2) is 9.22. The van der Waals surface area contributed by atoms with Crippen LogP contribution >= 0.6 is 0 Å². The van der Waals surface area contributed by atoms with Gasteiger partial charge in [-0.05, 0) is 63.6 Å². The highest BCUT2D eigenvalue weighted by atomic mass is 16.5. The third-order valence-corrected chi connectivity index (χ3v) is 4.24. The van der Waals surface area contributed by atoms with Crippen LogP contribution in [0.15, 0.2) is 66.9 Å². The lowest BCUT2D eigenvalue weighted by atomic mass is 10.2. The summed E-state index contributed by atoms with van der Waals surface area (Å²) in [5, 5.41) is 3.28. The van der Waals surface area contributed by atoms with E-state index in [1.54, 1.807) is 6.20 Å². The number of rotatable bonds is 8. The predicted octanol–water partition coefficient (Wildman–Crippen LogP) is 5.42. The van der Waals surface area contributed by atoms with Crippen molar-refractivity contribution in [1.82, 2.24) is 9.97 Å². The molecule has 1 aromatic heterocycles. The van der Waals surface area contributed by atoms with Crippen molar-refractivity contribution in [3.8, 4) is 5.75 Å². The Morgan fingerprint density at radius 1 is 0.929 bits per heavy atom. The number of aromatic nitrogens is 2. The lowest BCUT2D eigenvalue weighted by molar-refractivity contribution is 0.242. The topological polar surface area (TPSA) is 50.3 Å². The van der Waals surface area contributed by atoms with Crippen molar-refractivity contribution < 1.29 is 4.74 Å². The van der Waals surface area contributed by atoms with E-state index in [-0.39, 0.29) is 6.10 Å². The number of anilines is 3. The monoisotopic (exact) mass is 376 g/mol. The van der Waals surface area contributed by atoms with Crippen LogP contribution in [0, 0.1) is 0 Å². The number of benzene rings is 2. The average molecular weight is 377 g/mol. The number of hydrogen-bond acceptors (Lipinski definition) is 5.